The van der Waals surface area contributed by atoms with Gasteiger partial charge in [0.1, 0.15) is 17.3 Å². The monoisotopic (exact) mass is 267 g/mol. The van der Waals surface area contributed by atoms with Gasteiger partial charge in [-0.1, -0.05) is 0 Å². The van der Waals surface area contributed by atoms with Gasteiger partial charge in [-0.05, 0) is 44.0 Å². The Morgan fingerprint density at radius 3 is 2.50 bits per heavy atom. The van der Waals surface area contributed by atoms with Crippen molar-refractivity contribution in [3.63, 3.8) is 0 Å². The van der Waals surface area contributed by atoms with E-state index in [-0.39, 0.29) is 0 Å². The lowest BCUT2D eigenvalue weighted by molar-refractivity contribution is 0.786. The number of hydrogen-bond donors (Lipinski definition) is 1. The molecular formula is C15H17N5. The van der Waals surface area contributed by atoms with Crippen molar-refractivity contribution in [1.82, 2.24) is 19.5 Å². The summed E-state index contributed by atoms with van der Waals surface area (Å²) in [4.78, 5) is 12.9. The fraction of sp³-hybridized carbons (Fsp3) is 0.267. The predicted octanol–water partition coefficient (Wildman–Crippen LogP) is 2.38. The van der Waals surface area contributed by atoms with E-state index in [1.165, 1.54) is 11.3 Å². The van der Waals surface area contributed by atoms with E-state index in [0.29, 0.717) is 11.6 Å². The second-order valence-electron chi connectivity index (χ2n) is 5.01. The average molecular weight is 267 g/mol. The molecular weight excluding hydrogens is 250 g/mol. The van der Waals surface area contributed by atoms with Gasteiger partial charge in [0.15, 0.2) is 0 Å². The molecule has 0 amide bonds. The predicted molar refractivity (Wildman–Crippen MR) is 79.5 cm³/mol. The first kappa shape index (κ1) is 12.6. The molecule has 0 radical (unpaired) electrons. The van der Waals surface area contributed by atoms with E-state index < -0.39 is 0 Å². The zero-order valence-corrected chi connectivity index (χ0v) is 11.9. The molecule has 0 saturated heterocycles. The Balaban J connectivity index is 2.23. The summed E-state index contributed by atoms with van der Waals surface area (Å²) in [5, 5.41) is 0.960. The number of fused-ring (bicyclic) bond motifs is 1. The molecule has 0 unspecified atom stereocenters. The number of anilines is 1. The average Bonchev–Trinajstić information content (AvgIpc) is 2.65. The topological polar surface area (TPSA) is 69.6 Å². The van der Waals surface area contributed by atoms with Crippen LogP contribution in [0.15, 0.2) is 24.5 Å². The van der Waals surface area contributed by atoms with Crippen LogP contribution in [0.3, 0.4) is 0 Å². The molecule has 0 atom stereocenters. The Labute approximate surface area is 117 Å². The maximum absolute atomic E-state index is 6.06. The van der Waals surface area contributed by atoms with Crippen molar-refractivity contribution < 1.29 is 0 Å². The minimum atomic E-state index is 0.557. The molecule has 0 saturated carbocycles. The van der Waals surface area contributed by atoms with Crippen LogP contribution in [0.5, 0.6) is 0 Å². The van der Waals surface area contributed by atoms with Crippen molar-refractivity contribution in [1.29, 1.82) is 0 Å². The van der Waals surface area contributed by atoms with Gasteiger partial charge in [0.2, 0.25) is 0 Å². The first-order chi connectivity index (χ1) is 9.58. The molecule has 5 nitrogen and oxygen atoms in total. The number of nitrogens with zero attached hydrogens (tertiary/aromatic N) is 4. The van der Waals surface area contributed by atoms with Crippen LogP contribution >= 0.6 is 0 Å². The standard InChI is InChI=1S/C15H17N5/c1-9-10(2)20(8-12-4-6-17-7-5-12)15-13(9)14(16)18-11(3)19-15/h4-7H,8H2,1-3H3,(H2,16,18,19). The van der Waals surface area contributed by atoms with Crippen LogP contribution in [0.4, 0.5) is 5.82 Å². The largest absolute Gasteiger partial charge is 0.383 e. The number of hydrogen-bond acceptors (Lipinski definition) is 4. The van der Waals surface area contributed by atoms with E-state index in [2.05, 4.69) is 33.4 Å². The summed E-state index contributed by atoms with van der Waals surface area (Å²) in [6.45, 7) is 6.78. The molecule has 3 heterocycles. The molecule has 0 aromatic carbocycles. The minimum Gasteiger partial charge on any atom is -0.383 e. The lowest BCUT2D eigenvalue weighted by Gasteiger charge is -2.08. The summed E-state index contributed by atoms with van der Waals surface area (Å²) in [5.41, 5.74) is 10.5. The van der Waals surface area contributed by atoms with E-state index in [1.807, 2.05) is 19.1 Å². The molecule has 0 aliphatic rings. The first-order valence-electron chi connectivity index (χ1n) is 6.56. The number of nitrogens with two attached hydrogens (primary N) is 1. The SMILES string of the molecule is Cc1nc(N)c2c(C)c(C)n(Cc3ccncc3)c2n1. The minimum absolute atomic E-state index is 0.557. The molecule has 0 aliphatic heterocycles. The quantitative estimate of drug-likeness (QED) is 0.774. The van der Waals surface area contributed by atoms with Gasteiger partial charge in [0.25, 0.3) is 0 Å². The lowest BCUT2D eigenvalue weighted by Crippen LogP contribution is -2.04. The van der Waals surface area contributed by atoms with Gasteiger partial charge in [-0.2, -0.15) is 0 Å². The summed E-state index contributed by atoms with van der Waals surface area (Å²) in [5.74, 6) is 1.25. The van der Waals surface area contributed by atoms with E-state index >= 15 is 0 Å². The Hall–Kier alpha value is -2.43. The van der Waals surface area contributed by atoms with Crippen molar-refractivity contribution in [2.75, 3.05) is 5.73 Å². The second kappa shape index (κ2) is 4.59. The normalized spacial score (nSPS) is 11.2. The van der Waals surface area contributed by atoms with Gasteiger partial charge >= 0.3 is 0 Å². The van der Waals surface area contributed by atoms with Gasteiger partial charge in [-0.15, -0.1) is 0 Å². The highest BCUT2D eigenvalue weighted by molar-refractivity contribution is 5.91. The Bertz CT molecular complexity index is 774. The summed E-state index contributed by atoms with van der Waals surface area (Å²) in [6, 6.07) is 4.02. The third-order valence-corrected chi connectivity index (χ3v) is 3.70. The van der Waals surface area contributed by atoms with Crippen molar-refractivity contribution >= 4 is 16.9 Å². The highest BCUT2D eigenvalue weighted by atomic mass is 15.1. The van der Waals surface area contributed by atoms with Crippen LogP contribution in [0.2, 0.25) is 0 Å². The number of rotatable bonds is 2. The molecule has 0 fully saturated rings. The third-order valence-electron chi connectivity index (χ3n) is 3.70. The van der Waals surface area contributed by atoms with Crippen molar-refractivity contribution in [3.05, 3.63) is 47.2 Å². The molecule has 3 aromatic heterocycles. The Morgan fingerprint density at radius 1 is 1.10 bits per heavy atom. The molecule has 102 valence electrons. The van der Waals surface area contributed by atoms with Crippen molar-refractivity contribution in [2.24, 2.45) is 0 Å². The Kier molecular flexibility index (Phi) is 2.89. The molecule has 3 rings (SSSR count). The van der Waals surface area contributed by atoms with Crippen LogP contribution in [0.25, 0.3) is 11.0 Å². The van der Waals surface area contributed by atoms with Crippen molar-refractivity contribution in [2.45, 2.75) is 27.3 Å². The van der Waals surface area contributed by atoms with Gasteiger partial charge < -0.3 is 10.3 Å². The smallest absolute Gasteiger partial charge is 0.146 e. The van der Waals surface area contributed by atoms with Gasteiger partial charge in [0, 0.05) is 24.6 Å². The summed E-state index contributed by atoms with van der Waals surface area (Å²) in [7, 11) is 0. The molecule has 0 aliphatic carbocycles. The summed E-state index contributed by atoms with van der Waals surface area (Å²) >= 11 is 0. The summed E-state index contributed by atoms with van der Waals surface area (Å²) in [6.07, 6.45) is 3.61. The van der Waals surface area contributed by atoms with E-state index in [4.69, 9.17) is 5.73 Å². The zero-order valence-electron chi connectivity index (χ0n) is 11.9. The fourth-order valence-corrected chi connectivity index (χ4v) is 2.54. The van der Waals surface area contributed by atoms with Crippen LogP contribution in [0.1, 0.15) is 22.6 Å². The van der Waals surface area contributed by atoms with Gasteiger partial charge in [0.05, 0.1) is 5.39 Å². The molecule has 3 aromatic rings. The van der Waals surface area contributed by atoms with E-state index in [0.717, 1.165) is 23.1 Å². The fourth-order valence-electron chi connectivity index (χ4n) is 2.54. The molecule has 2 N–H and O–H groups in total. The highest BCUT2D eigenvalue weighted by Gasteiger charge is 2.16. The first-order valence-corrected chi connectivity index (χ1v) is 6.56. The maximum atomic E-state index is 6.06. The highest BCUT2D eigenvalue weighted by Crippen LogP contribution is 2.28. The Morgan fingerprint density at radius 2 is 1.80 bits per heavy atom. The number of aromatic nitrogens is 4. The molecule has 5 heteroatoms. The summed E-state index contributed by atoms with van der Waals surface area (Å²) < 4.78 is 2.19. The molecule has 0 bridgehead atoms. The van der Waals surface area contributed by atoms with Gasteiger partial charge in [-0.25, -0.2) is 9.97 Å². The lowest BCUT2D eigenvalue weighted by atomic mass is 10.2. The van der Waals surface area contributed by atoms with Gasteiger partial charge in [-0.3, -0.25) is 4.98 Å². The van der Waals surface area contributed by atoms with Crippen LogP contribution < -0.4 is 5.73 Å². The zero-order chi connectivity index (χ0) is 14.3. The van der Waals surface area contributed by atoms with E-state index in [9.17, 15) is 0 Å². The molecule has 20 heavy (non-hydrogen) atoms. The van der Waals surface area contributed by atoms with Crippen LogP contribution in [-0.4, -0.2) is 19.5 Å². The number of aryl methyl sites for hydroxylation is 2. The van der Waals surface area contributed by atoms with Crippen molar-refractivity contribution in [3.8, 4) is 0 Å². The van der Waals surface area contributed by atoms with Crippen LogP contribution in [0, 0.1) is 20.8 Å². The van der Waals surface area contributed by atoms with Crippen LogP contribution in [-0.2, 0) is 6.54 Å². The van der Waals surface area contributed by atoms with E-state index in [1.54, 1.807) is 12.4 Å². The molecule has 0 spiro atoms. The second-order valence-corrected chi connectivity index (χ2v) is 5.01. The number of nitrogen functional groups attached to an aromatic ring is 1. The third kappa shape index (κ3) is 1.91. The maximum Gasteiger partial charge on any atom is 0.146 e. The number of pyridine rings is 1.